The van der Waals surface area contributed by atoms with Gasteiger partial charge in [-0.2, -0.15) is 0 Å². The Bertz CT molecular complexity index is 469. The Morgan fingerprint density at radius 1 is 1.64 bits per heavy atom. The summed E-state index contributed by atoms with van der Waals surface area (Å²) < 4.78 is 5.01. The van der Waals surface area contributed by atoms with Crippen molar-refractivity contribution in [2.24, 2.45) is 0 Å². The third-order valence-electron chi connectivity index (χ3n) is 1.90. The maximum atomic E-state index is 9.08. The smallest absolute Gasteiger partial charge is 0.242 e. The second kappa shape index (κ2) is 3.43. The van der Waals surface area contributed by atoms with Crippen LogP contribution >= 0.6 is 11.6 Å². The highest BCUT2D eigenvalue weighted by Gasteiger charge is 2.12. The molecule has 0 spiro atoms. The van der Waals surface area contributed by atoms with Gasteiger partial charge in [0.05, 0.1) is 30.3 Å². The molecule has 0 amide bonds. The highest BCUT2D eigenvalue weighted by molar-refractivity contribution is 6.30. The van der Waals surface area contributed by atoms with Crippen LogP contribution in [0.5, 0.6) is 5.88 Å². The Balaban J connectivity index is 2.78. The zero-order valence-corrected chi connectivity index (χ0v) is 8.17. The van der Waals surface area contributed by atoms with E-state index in [1.807, 2.05) is 0 Å². The molecule has 74 valence electrons. The van der Waals surface area contributed by atoms with Crippen molar-refractivity contribution in [1.82, 2.24) is 15.2 Å². The van der Waals surface area contributed by atoms with E-state index < -0.39 is 0 Å². The zero-order valence-electron chi connectivity index (χ0n) is 7.41. The normalized spacial score (nSPS) is 10.8. The zero-order chi connectivity index (χ0) is 10.1. The average molecular weight is 214 g/mol. The number of hydrogen-bond acceptors (Lipinski definition) is 4. The summed E-state index contributed by atoms with van der Waals surface area (Å²) in [6.07, 6.45) is 0. The van der Waals surface area contributed by atoms with Crippen molar-refractivity contribution in [3.05, 3.63) is 16.9 Å². The molecule has 6 heteroatoms. The molecule has 0 aliphatic heterocycles. The van der Waals surface area contributed by atoms with E-state index in [0.717, 1.165) is 0 Å². The van der Waals surface area contributed by atoms with Crippen molar-refractivity contribution in [2.45, 2.75) is 6.61 Å². The van der Waals surface area contributed by atoms with Gasteiger partial charge in [0.15, 0.2) is 0 Å². The molecule has 0 aliphatic carbocycles. The number of aliphatic hydroxyl groups excluding tert-OH is 1. The lowest BCUT2D eigenvalue weighted by molar-refractivity contribution is 0.278. The van der Waals surface area contributed by atoms with E-state index >= 15 is 0 Å². The van der Waals surface area contributed by atoms with Crippen LogP contribution in [0.4, 0.5) is 0 Å². The van der Waals surface area contributed by atoms with E-state index in [-0.39, 0.29) is 6.61 Å². The number of rotatable bonds is 2. The van der Waals surface area contributed by atoms with Gasteiger partial charge in [-0.3, -0.25) is 5.10 Å². The Kier molecular flexibility index (Phi) is 2.26. The molecule has 5 nitrogen and oxygen atoms in total. The van der Waals surface area contributed by atoms with Crippen LogP contribution < -0.4 is 4.74 Å². The largest absolute Gasteiger partial charge is 0.479 e. The second-order valence-electron chi connectivity index (χ2n) is 2.71. The maximum absolute atomic E-state index is 9.08. The van der Waals surface area contributed by atoms with Gasteiger partial charge in [-0.25, -0.2) is 4.98 Å². The van der Waals surface area contributed by atoms with E-state index in [2.05, 4.69) is 15.2 Å². The van der Waals surface area contributed by atoms with Gasteiger partial charge in [0.1, 0.15) is 5.15 Å². The number of nitrogens with zero attached hydrogens (tertiary/aromatic N) is 2. The first-order valence-corrected chi connectivity index (χ1v) is 4.32. The Labute approximate surface area is 84.7 Å². The topological polar surface area (TPSA) is 71.0 Å². The van der Waals surface area contributed by atoms with E-state index in [4.69, 9.17) is 21.4 Å². The van der Waals surface area contributed by atoms with Gasteiger partial charge in [0.25, 0.3) is 0 Å². The summed E-state index contributed by atoms with van der Waals surface area (Å²) in [6, 6.07) is 1.63. The molecule has 2 aromatic rings. The number of ether oxygens (including phenoxy) is 1. The monoisotopic (exact) mass is 213 g/mol. The van der Waals surface area contributed by atoms with Crippen LogP contribution in [0.3, 0.4) is 0 Å². The number of halogens is 1. The number of H-pyrrole nitrogens is 1. The first kappa shape index (κ1) is 9.23. The molecule has 0 aromatic carbocycles. The van der Waals surface area contributed by atoms with Crippen LogP contribution in [0, 0.1) is 0 Å². The van der Waals surface area contributed by atoms with E-state index in [9.17, 15) is 0 Å². The summed E-state index contributed by atoms with van der Waals surface area (Å²) in [5, 5.41) is 16.7. The van der Waals surface area contributed by atoms with Crippen molar-refractivity contribution in [1.29, 1.82) is 0 Å². The molecule has 2 aromatic heterocycles. The summed E-state index contributed by atoms with van der Waals surface area (Å²) in [6.45, 7) is -0.201. The first-order chi connectivity index (χ1) is 6.76. The number of methoxy groups -OCH3 is 1. The van der Waals surface area contributed by atoms with Gasteiger partial charge in [0, 0.05) is 6.07 Å². The van der Waals surface area contributed by atoms with Gasteiger partial charge in [-0.1, -0.05) is 11.6 Å². The Hall–Kier alpha value is -1.33. The van der Waals surface area contributed by atoms with Crippen LogP contribution in [-0.2, 0) is 6.61 Å². The fourth-order valence-corrected chi connectivity index (χ4v) is 1.53. The first-order valence-electron chi connectivity index (χ1n) is 3.94. The average Bonchev–Trinajstić information content (AvgIpc) is 2.59. The summed E-state index contributed by atoms with van der Waals surface area (Å²) in [7, 11) is 1.51. The van der Waals surface area contributed by atoms with Gasteiger partial charge < -0.3 is 9.84 Å². The van der Waals surface area contributed by atoms with Gasteiger partial charge in [-0.05, 0) is 0 Å². The van der Waals surface area contributed by atoms with Crippen LogP contribution in [0.15, 0.2) is 6.07 Å². The summed E-state index contributed by atoms with van der Waals surface area (Å²) in [5.74, 6) is 0.410. The number of hydrogen-bond donors (Lipinski definition) is 2. The number of aromatic nitrogens is 3. The molecule has 0 fully saturated rings. The van der Waals surface area contributed by atoms with Crippen LogP contribution in [0.2, 0.25) is 5.15 Å². The highest BCUT2D eigenvalue weighted by Crippen LogP contribution is 2.27. The standard InChI is InChI=1S/C8H8ClN3O2/c1-14-8-7-4(11-12-8)2-6(9)10-5(7)3-13/h2,13H,3H2,1H3,(H,11,12). The molecule has 0 bridgehead atoms. The van der Waals surface area contributed by atoms with Crippen molar-refractivity contribution in [3.8, 4) is 5.88 Å². The number of pyridine rings is 1. The molecule has 2 N–H and O–H groups in total. The Morgan fingerprint density at radius 3 is 3.07 bits per heavy atom. The van der Waals surface area contributed by atoms with E-state index in [1.54, 1.807) is 6.07 Å². The number of aliphatic hydroxyl groups is 1. The fraction of sp³-hybridized carbons (Fsp3) is 0.250. The minimum atomic E-state index is -0.201. The third-order valence-corrected chi connectivity index (χ3v) is 2.09. The van der Waals surface area contributed by atoms with Crippen molar-refractivity contribution >= 4 is 22.5 Å². The lowest BCUT2D eigenvalue weighted by Crippen LogP contribution is -1.92. The minimum Gasteiger partial charge on any atom is -0.479 e. The summed E-state index contributed by atoms with van der Waals surface area (Å²) in [4.78, 5) is 3.98. The molecule has 0 aliphatic rings. The maximum Gasteiger partial charge on any atom is 0.242 e. The quantitative estimate of drug-likeness (QED) is 0.734. The molecule has 0 radical (unpaired) electrons. The summed E-state index contributed by atoms with van der Waals surface area (Å²) >= 11 is 5.74. The van der Waals surface area contributed by atoms with Gasteiger partial charge in [0.2, 0.25) is 5.88 Å². The van der Waals surface area contributed by atoms with E-state index in [0.29, 0.717) is 27.6 Å². The minimum absolute atomic E-state index is 0.201. The molecule has 0 saturated carbocycles. The van der Waals surface area contributed by atoms with Crippen LogP contribution in [0.25, 0.3) is 10.9 Å². The Morgan fingerprint density at radius 2 is 2.43 bits per heavy atom. The number of fused-ring (bicyclic) bond motifs is 1. The van der Waals surface area contributed by atoms with Gasteiger partial charge >= 0.3 is 0 Å². The molecule has 2 heterocycles. The molecular formula is C8H8ClN3O2. The molecule has 14 heavy (non-hydrogen) atoms. The SMILES string of the molecule is COc1n[nH]c2cc(Cl)nc(CO)c12. The molecule has 0 atom stereocenters. The molecule has 0 unspecified atom stereocenters. The summed E-state index contributed by atoms with van der Waals surface area (Å²) in [5.41, 5.74) is 1.16. The molecule has 0 saturated heterocycles. The van der Waals surface area contributed by atoms with Crippen molar-refractivity contribution in [2.75, 3.05) is 7.11 Å². The lowest BCUT2D eigenvalue weighted by atomic mass is 10.2. The predicted octanol–water partition coefficient (Wildman–Crippen LogP) is 1.11. The van der Waals surface area contributed by atoms with Crippen molar-refractivity contribution in [3.63, 3.8) is 0 Å². The highest BCUT2D eigenvalue weighted by atomic mass is 35.5. The van der Waals surface area contributed by atoms with E-state index in [1.165, 1.54) is 7.11 Å². The number of aromatic amines is 1. The lowest BCUT2D eigenvalue weighted by Gasteiger charge is -2.00. The third kappa shape index (κ3) is 1.30. The van der Waals surface area contributed by atoms with Gasteiger partial charge in [-0.15, -0.1) is 5.10 Å². The second-order valence-corrected chi connectivity index (χ2v) is 3.09. The molecular weight excluding hydrogens is 206 g/mol. The van der Waals surface area contributed by atoms with Crippen LogP contribution in [0.1, 0.15) is 5.69 Å². The van der Waals surface area contributed by atoms with Crippen LogP contribution in [-0.4, -0.2) is 27.4 Å². The predicted molar refractivity (Wildman–Crippen MR) is 51.4 cm³/mol. The fourth-order valence-electron chi connectivity index (χ4n) is 1.32. The van der Waals surface area contributed by atoms with Crippen molar-refractivity contribution < 1.29 is 9.84 Å². The number of nitrogens with one attached hydrogen (secondary N) is 1. The molecule has 2 rings (SSSR count).